The molecule has 0 radical (unpaired) electrons. The molecule has 0 fully saturated rings. The summed E-state index contributed by atoms with van der Waals surface area (Å²) in [6.07, 6.45) is -0.195. The fourth-order valence-electron chi connectivity index (χ4n) is 2.46. The van der Waals surface area contributed by atoms with E-state index in [-0.39, 0.29) is 0 Å². The third-order valence-corrected chi connectivity index (χ3v) is 4.16. The molecule has 3 heteroatoms. The van der Waals surface area contributed by atoms with Gasteiger partial charge in [-0.2, -0.15) is 0 Å². The standard InChI is InChI=1S/C18H16ClNO/c1-12-5-4-7-15(18(12)19)17(21)11-14-10-9-13-6-2-3-8-16(13)20-14/h2-10,17,21H,11H2,1H3. The number of aliphatic hydroxyl groups excluding tert-OH is 1. The van der Waals surface area contributed by atoms with E-state index >= 15 is 0 Å². The number of benzene rings is 2. The first-order valence-corrected chi connectivity index (χ1v) is 7.30. The molecule has 3 rings (SSSR count). The van der Waals surface area contributed by atoms with E-state index < -0.39 is 6.10 Å². The van der Waals surface area contributed by atoms with Crippen LogP contribution in [0.5, 0.6) is 0 Å². The van der Waals surface area contributed by atoms with Gasteiger partial charge in [-0.25, -0.2) is 0 Å². The number of para-hydroxylation sites is 1. The van der Waals surface area contributed by atoms with Crippen molar-refractivity contribution in [3.8, 4) is 0 Å². The summed E-state index contributed by atoms with van der Waals surface area (Å²) in [5.74, 6) is 0. The van der Waals surface area contributed by atoms with Crippen LogP contribution in [-0.2, 0) is 6.42 Å². The van der Waals surface area contributed by atoms with Crippen LogP contribution in [0.3, 0.4) is 0 Å². The number of aliphatic hydroxyl groups is 1. The van der Waals surface area contributed by atoms with Crippen LogP contribution in [0.25, 0.3) is 10.9 Å². The Bertz CT molecular complexity index is 785. The molecule has 0 aliphatic heterocycles. The molecule has 0 amide bonds. The third kappa shape index (κ3) is 2.92. The Labute approximate surface area is 129 Å². The van der Waals surface area contributed by atoms with Crippen LogP contribution in [-0.4, -0.2) is 10.1 Å². The summed E-state index contributed by atoms with van der Waals surface area (Å²) < 4.78 is 0. The van der Waals surface area contributed by atoms with Gasteiger partial charge in [-0.1, -0.05) is 54.1 Å². The highest BCUT2D eigenvalue weighted by Crippen LogP contribution is 2.28. The van der Waals surface area contributed by atoms with E-state index in [9.17, 15) is 5.11 Å². The van der Waals surface area contributed by atoms with Crippen LogP contribution in [0.4, 0.5) is 0 Å². The third-order valence-electron chi connectivity index (χ3n) is 3.64. The van der Waals surface area contributed by atoms with Crippen molar-refractivity contribution in [1.29, 1.82) is 0 Å². The summed E-state index contributed by atoms with van der Waals surface area (Å²) >= 11 is 6.27. The average Bonchev–Trinajstić information content (AvgIpc) is 2.50. The molecule has 0 saturated heterocycles. The van der Waals surface area contributed by atoms with Crippen molar-refractivity contribution < 1.29 is 5.11 Å². The zero-order valence-corrected chi connectivity index (χ0v) is 12.5. The lowest BCUT2D eigenvalue weighted by Gasteiger charge is -2.14. The van der Waals surface area contributed by atoms with Crippen LogP contribution in [0.15, 0.2) is 54.6 Å². The molecule has 0 spiro atoms. The van der Waals surface area contributed by atoms with Crippen molar-refractivity contribution in [3.05, 3.63) is 76.4 Å². The fraction of sp³-hybridized carbons (Fsp3) is 0.167. The van der Waals surface area contributed by atoms with Gasteiger partial charge in [0.25, 0.3) is 0 Å². The number of hydrogen-bond acceptors (Lipinski definition) is 2. The summed E-state index contributed by atoms with van der Waals surface area (Å²) in [5.41, 5.74) is 3.53. The van der Waals surface area contributed by atoms with Crippen molar-refractivity contribution in [2.75, 3.05) is 0 Å². The number of aryl methyl sites for hydroxylation is 1. The van der Waals surface area contributed by atoms with E-state index in [0.29, 0.717) is 11.4 Å². The molecule has 1 heterocycles. The summed E-state index contributed by atoms with van der Waals surface area (Å²) in [7, 11) is 0. The predicted octanol–water partition coefficient (Wildman–Crippen LogP) is 4.47. The molecular weight excluding hydrogens is 282 g/mol. The number of halogens is 1. The monoisotopic (exact) mass is 297 g/mol. The molecule has 0 bridgehead atoms. The first-order valence-electron chi connectivity index (χ1n) is 6.93. The SMILES string of the molecule is Cc1cccc(C(O)Cc2ccc3ccccc3n2)c1Cl. The van der Waals surface area contributed by atoms with Gasteiger partial charge in [0.2, 0.25) is 0 Å². The highest BCUT2D eigenvalue weighted by Gasteiger charge is 2.14. The first-order chi connectivity index (χ1) is 10.1. The maximum Gasteiger partial charge on any atom is 0.0859 e. The topological polar surface area (TPSA) is 33.1 Å². The minimum absolute atomic E-state index is 0.452. The minimum atomic E-state index is -0.647. The van der Waals surface area contributed by atoms with E-state index in [1.54, 1.807) is 0 Å². The molecule has 0 aliphatic carbocycles. The maximum absolute atomic E-state index is 10.4. The molecule has 1 N–H and O–H groups in total. The van der Waals surface area contributed by atoms with Gasteiger partial charge < -0.3 is 5.11 Å². The first kappa shape index (κ1) is 14.1. The van der Waals surface area contributed by atoms with Crippen molar-refractivity contribution in [2.45, 2.75) is 19.4 Å². The summed E-state index contributed by atoms with van der Waals surface area (Å²) in [6, 6.07) is 17.7. The second-order valence-electron chi connectivity index (χ2n) is 5.19. The van der Waals surface area contributed by atoms with Gasteiger partial charge in [0.05, 0.1) is 11.6 Å². The van der Waals surface area contributed by atoms with Crippen molar-refractivity contribution in [2.24, 2.45) is 0 Å². The smallest absolute Gasteiger partial charge is 0.0859 e. The van der Waals surface area contributed by atoms with E-state index in [2.05, 4.69) is 4.98 Å². The summed E-state index contributed by atoms with van der Waals surface area (Å²) in [5, 5.41) is 12.2. The van der Waals surface area contributed by atoms with E-state index in [1.165, 1.54) is 0 Å². The number of pyridine rings is 1. The largest absolute Gasteiger partial charge is 0.388 e. The molecular formula is C18H16ClNO. The van der Waals surface area contributed by atoms with E-state index in [0.717, 1.165) is 27.7 Å². The van der Waals surface area contributed by atoms with Gasteiger partial charge >= 0.3 is 0 Å². The highest BCUT2D eigenvalue weighted by molar-refractivity contribution is 6.32. The number of rotatable bonds is 3. The Balaban J connectivity index is 1.89. The molecule has 3 aromatic rings. The number of nitrogens with zero attached hydrogens (tertiary/aromatic N) is 1. The summed E-state index contributed by atoms with van der Waals surface area (Å²) in [6.45, 7) is 1.94. The molecule has 1 unspecified atom stereocenters. The van der Waals surface area contributed by atoms with Gasteiger partial charge in [0.1, 0.15) is 0 Å². The molecule has 2 aromatic carbocycles. The van der Waals surface area contributed by atoms with Crippen LogP contribution in [0, 0.1) is 6.92 Å². The summed E-state index contributed by atoms with van der Waals surface area (Å²) in [4.78, 5) is 4.59. The molecule has 2 nitrogen and oxygen atoms in total. The van der Waals surface area contributed by atoms with Crippen LogP contribution in [0.1, 0.15) is 22.9 Å². The van der Waals surface area contributed by atoms with Gasteiger partial charge in [-0.15, -0.1) is 0 Å². The normalized spacial score (nSPS) is 12.5. The number of fused-ring (bicyclic) bond motifs is 1. The van der Waals surface area contributed by atoms with Crippen LogP contribution < -0.4 is 0 Å². The molecule has 1 aromatic heterocycles. The Morgan fingerprint density at radius 1 is 1.05 bits per heavy atom. The fourth-order valence-corrected chi connectivity index (χ4v) is 2.71. The Hall–Kier alpha value is -1.90. The van der Waals surface area contributed by atoms with Gasteiger partial charge in [-0.05, 0) is 30.2 Å². The van der Waals surface area contributed by atoms with Gasteiger partial charge in [0, 0.05) is 22.5 Å². The average molecular weight is 298 g/mol. The van der Waals surface area contributed by atoms with Crippen molar-refractivity contribution in [3.63, 3.8) is 0 Å². The van der Waals surface area contributed by atoms with Crippen molar-refractivity contribution >= 4 is 22.5 Å². The van der Waals surface area contributed by atoms with Crippen LogP contribution in [0.2, 0.25) is 5.02 Å². The van der Waals surface area contributed by atoms with E-state index in [4.69, 9.17) is 11.6 Å². The molecule has 1 atom stereocenters. The van der Waals surface area contributed by atoms with Crippen molar-refractivity contribution in [1.82, 2.24) is 4.98 Å². The second kappa shape index (κ2) is 5.84. The minimum Gasteiger partial charge on any atom is -0.388 e. The highest BCUT2D eigenvalue weighted by atomic mass is 35.5. The van der Waals surface area contributed by atoms with E-state index in [1.807, 2.05) is 61.5 Å². The molecule has 0 saturated carbocycles. The molecule has 0 aliphatic rings. The van der Waals surface area contributed by atoms with Gasteiger partial charge in [0.15, 0.2) is 0 Å². The van der Waals surface area contributed by atoms with Crippen LogP contribution >= 0.6 is 11.6 Å². The second-order valence-corrected chi connectivity index (χ2v) is 5.57. The lowest BCUT2D eigenvalue weighted by Crippen LogP contribution is -2.04. The van der Waals surface area contributed by atoms with Gasteiger partial charge in [-0.3, -0.25) is 4.98 Å². The zero-order valence-electron chi connectivity index (χ0n) is 11.8. The zero-order chi connectivity index (χ0) is 14.8. The Kier molecular flexibility index (Phi) is 3.91. The Morgan fingerprint density at radius 3 is 2.71 bits per heavy atom. The number of aromatic nitrogens is 1. The quantitative estimate of drug-likeness (QED) is 0.773. The predicted molar refractivity (Wildman–Crippen MR) is 86.6 cm³/mol. The Morgan fingerprint density at radius 2 is 1.86 bits per heavy atom. The molecule has 106 valence electrons. The molecule has 21 heavy (non-hydrogen) atoms. The maximum atomic E-state index is 10.4. The lowest BCUT2D eigenvalue weighted by atomic mass is 10.0. The lowest BCUT2D eigenvalue weighted by molar-refractivity contribution is 0.177. The number of hydrogen-bond donors (Lipinski definition) is 1.